The van der Waals surface area contributed by atoms with Crippen LogP contribution in [-0.4, -0.2) is 43.7 Å². The molecule has 0 spiro atoms. The Labute approximate surface area is 137 Å². The van der Waals surface area contributed by atoms with Crippen molar-refractivity contribution in [2.75, 3.05) is 0 Å². The number of hydrogen-bond donors (Lipinski definition) is 0. The van der Waals surface area contributed by atoms with Crippen molar-refractivity contribution < 1.29 is 16.8 Å². The summed E-state index contributed by atoms with van der Waals surface area (Å²) in [5.41, 5.74) is 0. The van der Waals surface area contributed by atoms with E-state index in [0.717, 1.165) is 25.7 Å². The first-order valence-electron chi connectivity index (χ1n) is 8.22. The lowest BCUT2D eigenvalue weighted by atomic mass is 10.1. The predicted molar refractivity (Wildman–Crippen MR) is 87.2 cm³/mol. The van der Waals surface area contributed by atoms with E-state index in [2.05, 4.69) is 0 Å². The molecule has 23 heavy (non-hydrogen) atoms. The molecular weight excluding hydrogens is 334 g/mol. The molecule has 3 aliphatic rings. The summed E-state index contributed by atoms with van der Waals surface area (Å²) in [4.78, 5) is 0.350. The molecule has 1 aromatic carbocycles. The van der Waals surface area contributed by atoms with Crippen LogP contribution in [0.3, 0.4) is 0 Å². The molecule has 126 valence electrons. The van der Waals surface area contributed by atoms with Crippen LogP contribution in [0, 0.1) is 0 Å². The SMILES string of the molecule is O=S(=O)(c1ccccc1)C1C[C@H]2CC[C@@H](C1)N2S(=O)(=O)C1CC1. The highest BCUT2D eigenvalue weighted by molar-refractivity contribution is 7.92. The number of piperidine rings is 1. The Hall–Kier alpha value is -0.920. The minimum Gasteiger partial charge on any atom is -0.223 e. The van der Waals surface area contributed by atoms with E-state index in [0.29, 0.717) is 17.7 Å². The number of sulfonamides is 1. The molecule has 0 radical (unpaired) electrons. The summed E-state index contributed by atoms with van der Waals surface area (Å²) < 4.78 is 52.6. The van der Waals surface area contributed by atoms with Crippen molar-refractivity contribution in [1.82, 2.24) is 4.31 Å². The Morgan fingerprint density at radius 2 is 1.35 bits per heavy atom. The van der Waals surface area contributed by atoms with E-state index in [4.69, 9.17) is 0 Å². The third-order valence-corrected chi connectivity index (χ3v) is 10.1. The molecule has 4 rings (SSSR count). The Morgan fingerprint density at radius 1 is 0.783 bits per heavy atom. The Kier molecular flexibility index (Phi) is 3.59. The summed E-state index contributed by atoms with van der Waals surface area (Å²) in [6, 6.07) is 8.25. The number of sulfone groups is 1. The molecule has 7 heteroatoms. The zero-order valence-corrected chi connectivity index (χ0v) is 14.5. The minimum absolute atomic E-state index is 0.136. The van der Waals surface area contributed by atoms with Crippen LogP contribution in [-0.2, 0) is 19.9 Å². The number of rotatable bonds is 4. The average Bonchev–Trinajstić information content (AvgIpc) is 3.34. The summed E-state index contributed by atoms with van der Waals surface area (Å²) >= 11 is 0. The average molecular weight is 355 g/mol. The zero-order valence-electron chi connectivity index (χ0n) is 12.8. The molecule has 3 atom stereocenters. The van der Waals surface area contributed by atoms with Gasteiger partial charge >= 0.3 is 0 Å². The quantitative estimate of drug-likeness (QED) is 0.828. The molecule has 1 unspecified atom stereocenters. The smallest absolute Gasteiger partial charge is 0.217 e. The van der Waals surface area contributed by atoms with Gasteiger partial charge in [-0.15, -0.1) is 0 Å². The van der Waals surface area contributed by atoms with E-state index < -0.39 is 25.1 Å². The van der Waals surface area contributed by atoms with Gasteiger partial charge < -0.3 is 0 Å². The molecule has 1 aromatic rings. The number of benzene rings is 1. The summed E-state index contributed by atoms with van der Waals surface area (Å²) in [5, 5.41) is -0.680. The van der Waals surface area contributed by atoms with Gasteiger partial charge in [0.1, 0.15) is 0 Å². The second-order valence-electron chi connectivity index (χ2n) is 6.91. The lowest BCUT2D eigenvalue weighted by Crippen LogP contribution is -2.50. The van der Waals surface area contributed by atoms with Crippen molar-refractivity contribution in [2.24, 2.45) is 0 Å². The summed E-state index contributed by atoms with van der Waals surface area (Å²) in [6.07, 6.45) is 3.95. The highest BCUT2D eigenvalue weighted by Gasteiger charge is 2.53. The van der Waals surface area contributed by atoms with Crippen LogP contribution in [0.2, 0.25) is 0 Å². The Bertz CT molecular complexity index is 786. The first-order valence-corrected chi connectivity index (χ1v) is 11.3. The zero-order chi connectivity index (χ0) is 16.2. The molecular formula is C16H21NO4S2. The maximum Gasteiger partial charge on any atom is 0.217 e. The fourth-order valence-electron chi connectivity index (χ4n) is 4.09. The molecule has 5 nitrogen and oxygen atoms in total. The van der Waals surface area contributed by atoms with E-state index in [9.17, 15) is 16.8 Å². The third-order valence-electron chi connectivity index (χ3n) is 5.37. The highest BCUT2D eigenvalue weighted by atomic mass is 32.2. The number of nitrogens with zero attached hydrogens (tertiary/aromatic N) is 1. The van der Waals surface area contributed by atoms with Crippen molar-refractivity contribution in [2.45, 2.75) is 66.0 Å². The molecule has 0 N–H and O–H groups in total. The molecule has 2 saturated heterocycles. The normalized spacial score (nSPS) is 32.1. The molecule has 1 saturated carbocycles. The lowest BCUT2D eigenvalue weighted by molar-refractivity contribution is 0.248. The van der Waals surface area contributed by atoms with Gasteiger partial charge in [-0.05, 0) is 50.7 Å². The first kappa shape index (κ1) is 15.6. The van der Waals surface area contributed by atoms with Gasteiger partial charge in [0.25, 0.3) is 0 Å². The van der Waals surface area contributed by atoms with E-state index in [1.54, 1.807) is 34.6 Å². The Balaban J connectivity index is 1.61. The lowest BCUT2D eigenvalue weighted by Gasteiger charge is -2.37. The minimum atomic E-state index is -3.38. The molecule has 2 heterocycles. The topological polar surface area (TPSA) is 71.5 Å². The van der Waals surface area contributed by atoms with Gasteiger partial charge in [0.2, 0.25) is 10.0 Å². The monoisotopic (exact) mass is 355 g/mol. The third kappa shape index (κ3) is 2.53. The van der Waals surface area contributed by atoms with E-state index in [-0.39, 0.29) is 17.3 Å². The summed E-state index contributed by atoms with van der Waals surface area (Å²) in [7, 11) is -6.60. The van der Waals surface area contributed by atoms with E-state index in [1.807, 2.05) is 0 Å². The Morgan fingerprint density at radius 3 is 1.87 bits per heavy atom. The van der Waals surface area contributed by atoms with Crippen molar-refractivity contribution >= 4 is 19.9 Å². The maximum atomic E-state index is 12.8. The van der Waals surface area contributed by atoms with E-state index in [1.165, 1.54) is 0 Å². The summed E-state index contributed by atoms with van der Waals surface area (Å²) in [5.74, 6) is 0. The predicted octanol–water partition coefficient (Wildman–Crippen LogP) is 1.95. The molecule has 3 fully saturated rings. The maximum absolute atomic E-state index is 12.8. The van der Waals surface area contributed by atoms with Crippen LogP contribution in [0.25, 0.3) is 0 Å². The van der Waals surface area contributed by atoms with Gasteiger partial charge in [-0.2, -0.15) is 4.31 Å². The van der Waals surface area contributed by atoms with Gasteiger partial charge in [0.15, 0.2) is 9.84 Å². The number of fused-ring (bicyclic) bond motifs is 2. The van der Waals surface area contributed by atoms with Crippen LogP contribution in [0.5, 0.6) is 0 Å². The van der Waals surface area contributed by atoms with E-state index >= 15 is 0 Å². The van der Waals surface area contributed by atoms with Crippen LogP contribution in [0.1, 0.15) is 38.5 Å². The highest BCUT2D eigenvalue weighted by Crippen LogP contribution is 2.44. The van der Waals surface area contributed by atoms with Crippen molar-refractivity contribution in [3.63, 3.8) is 0 Å². The van der Waals surface area contributed by atoms with Gasteiger partial charge in [-0.25, -0.2) is 16.8 Å². The van der Waals surface area contributed by atoms with Crippen LogP contribution < -0.4 is 0 Å². The molecule has 0 amide bonds. The van der Waals surface area contributed by atoms with Gasteiger partial charge in [-0.1, -0.05) is 18.2 Å². The first-order chi connectivity index (χ1) is 10.9. The van der Waals surface area contributed by atoms with Gasteiger partial charge in [0, 0.05) is 12.1 Å². The van der Waals surface area contributed by atoms with Gasteiger partial charge in [-0.3, -0.25) is 0 Å². The molecule has 2 bridgehead atoms. The van der Waals surface area contributed by atoms with Crippen LogP contribution >= 0.6 is 0 Å². The fourth-order valence-corrected chi connectivity index (χ4v) is 8.26. The standard InChI is InChI=1S/C16H21NO4S2/c18-22(19,14-4-2-1-3-5-14)16-10-12-6-7-13(11-16)17(12)23(20,21)15-8-9-15/h1-5,12-13,15-16H,6-11H2/t12-,13+,16?. The molecule has 1 aliphatic carbocycles. The second-order valence-corrected chi connectivity index (χ2v) is 11.3. The van der Waals surface area contributed by atoms with Crippen molar-refractivity contribution in [1.29, 1.82) is 0 Å². The second kappa shape index (κ2) is 5.29. The summed E-state index contributed by atoms with van der Waals surface area (Å²) in [6.45, 7) is 0. The van der Waals surface area contributed by atoms with Crippen molar-refractivity contribution in [3.8, 4) is 0 Å². The fraction of sp³-hybridized carbons (Fsp3) is 0.625. The van der Waals surface area contributed by atoms with Crippen LogP contribution in [0.4, 0.5) is 0 Å². The number of hydrogen-bond acceptors (Lipinski definition) is 4. The van der Waals surface area contributed by atoms with Gasteiger partial charge in [0.05, 0.1) is 15.4 Å². The van der Waals surface area contributed by atoms with Crippen molar-refractivity contribution in [3.05, 3.63) is 30.3 Å². The molecule has 0 aromatic heterocycles. The largest absolute Gasteiger partial charge is 0.223 e. The van der Waals surface area contributed by atoms with Crippen LogP contribution in [0.15, 0.2) is 35.2 Å². The molecule has 2 aliphatic heterocycles.